The molecule has 7 heavy (non-hydrogen) atoms. The van der Waals surface area contributed by atoms with Gasteiger partial charge in [-0.25, -0.2) is 0 Å². The monoisotopic (exact) mass is 150 g/mol. The Bertz CT molecular complexity index is 78.9. The molecular weight excluding hydrogens is 144 g/mol. The highest BCUT2D eigenvalue weighted by Gasteiger charge is 2.04. The summed E-state index contributed by atoms with van der Waals surface area (Å²) in [6.45, 7) is 0. The third-order valence-corrected chi connectivity index (χ3v) is 3.87. The van der Waals surface area contributed by atoms with Gasteiger partial charge in [0.25, 0.3) is 0 Å². The quantitative estimate of drug-likeness (QED) is 0.526. The summed E-state index contributed by atoms with van der Waals surface area (Å²) in [6, 6.07) is 0. The molecule has 0 amide bonds. The van der Waals surface area contributed by atoms with Gasteiger partial charge in [0.2, 0.25) is 0 Å². The first kappa shape index (κ1) is 5.92. The van der Waals surface area contributed by atoms with Crippen LogP contribution in [0.15, 0.2) is 9.65 Å². The lowest BCUT2D eigenvalue weighted by atomic mass is 11.0. The highest BCUT2D eigenvalue weighted by atomic mass is 32.2. The van der Waals surface area contributed by atoms with Crippen molar-refractivity contribution in [1.82, 2.24) is 0 Å². The zero-order chi connectivity index (χ0) is 5.11. The van der Waals surface area contributed by atoms with Crippen LogP contribution in [0, 0.1) is 0 Å². The van der Waals surface area contributed by atoms with E-state index in [0.717, 1.165) is 0 Å². The van der Waals surface area contributed by atoms with Crippen LogP contribution in [0.5, 0.6) is 0 Å². The minimum Gasteiger partial charge on any atom is -0.150 e. The summed E-state index contributed by atoms with van der Waals surface area (Å²) in [5, 5.41) is 1.88. The summed E-state index contributed by atoms with van der Waals surface area (Å²) in [5.74, 6) is 2.52. The van der Waals surface area contributed by atoms with Gasteiger partial charge < -0.3 is 0 Å². The molecule has 40 valence electrons. The van der Waals surface area contributed by atoms with Gasteiger partial charge in [-0.15, -0.1) is 36.2 Å². The summed E-state index contributed by atoms with van der Waals surface area (Å²) in [4.78, 5) is 0. The zero-order valence-corrected chi connectivity index (χ0v) is 6.28. The molecule has 0 spiro atoms. The predicted molar refractivity (Wildman–Crippen MR) is 42.0 cm³/mol. The fourth-order valence-corrected chi connectivity index (χ4v) is 2.90. The summed E-state index contributed by atoms with van der Waals surface area (Å²) in [6.07, 6.45) is 0. The maximum absolute atomic E-state index is 4.01. The fourth-order valence-electron chi connectivity index (χ4n) is 0.401. The molecule has 1 saturated heterocycles. The maximum Gasteiger partial charge on any atom is 0.0462 e. The van der Waals surface area contributed by atoms with Gasteiger partial charge in [-0.2, -0.15) is 0 Å². The third-order valence-electron chi connectivity index (χ3n) is 0.677. The van der Waals surface area contributed by atoms with Crippen molar-refractivity contribution in [3.63, 3.8) is 0 Å². The molecule has 0 nitrogen and oxygen atoms in total. The SMILES string of the molecule is SC=C1SCCS1. The Balaban J connectivity index is 2.41. The van der Waals surface area contributed by atoms with Crippen LogP contribution >= 0.6 is 36.2 Å². The number of thiol groups is 1. The van der Waals surface area contributed by atoms with Gasteiger partial charge in [0, 0.05) is 15.7 Å². The number of hydrogen-bond donors (Lipinski definition) is 1. The Labute approximate surface area is 57.5 Å². The molecule has 0 radical (unpaired) electrons. The summed E-state index contributed by atoms with van der Waals surface area (Å²) < 4.78 is 1.36. The van der Waals surface area contributed by atoms with E-state index < -0.39 is 0 Å². The van der Waals surface area contributed by atoms with Crippen LogP contribution in [0.3, 0.4) is 0 Å². The van der Waals surface area contributed by atoms with Crippen molar-refractivity contribution in [1.29, 1.82) is 0 Å². The average molecular weight is 150 g/mol. The van der Waals surface area contributed by atoms with E-state index in [9.17, 15) is 0 Å². The molecule has 0 N–H and O–H groups in total. The number of rotatable bonds is 0. The minimum atomic E-state index is 1.26. The molecule has 0 aromatic rings. The van der Waals surface area contributed by atoms with Crippen LogP contribution < -0.4 is 0 Å². The largest absolute Gasteiger partial charge is 0.150 e. The highest BCUT2D eigenvalue weighted by Crippen LogP contribution is 2.35. The minimum absolute atomic E-state index is 1.26. The first-order valence-corrected chi connectivity index (χ1v) is 4.52. The molecule has 1 fully saturated rings. The molecule has 1 heterocycles. The summed E-state index contributed by atoms with van der Waals surface area (Å²) in [5.41, 5.74) is 0. The first-order valence-electron chi connectivity index (χ1n) is 2.03. The molecule has 0 aromatic carbocycles. The fraction of sp³-hybridized carbons (Fsp3) is 0.500. The topological polar surface area (TPSA) is 0 Å². The molecule has 0 atom stereocenters. The first-order chi connectivity index (χ1) is 3.43. The molecule has 3 heteroatoms. The standard InChI is InChI=1S/C4H6S3/c5-3-4-6-1-2-7-4/h3,5H,1-2H2. The normalized spacial score (nSPS) is 20.4. The zero-order valence-electron chi connectivity index (χ0n) is 3.76. The van der Waals surface area contributed by atoms with Gasteiger partial charge in [-0.1, -0.05) is 0 Å². The van der Waals surface area contributed by atoms with Gasteiger partial charge >= 0.3 is 0 Å². The molecule has 1 rings (SSSR count). The predicted octanol–water partition coefficient (Wildman–Crippen LogP) is 2.20. The molecule has 1 aliphatic heterocycles. The van der Waals surface area contributed by atoms with Crippen molar-refractivity contribution < 1.29 is 0 Å². The van der Waals surface area contributed by atoms with Gasteiger partial charge in [0.15, 0.2) is 0 Å². The lowest BCUT2D eigenvalue weighted by molar-refractivity contribution is 1.59. The maximum atomic E-state index is 4.01. The van der Waals surface area contributed by atoms with E-state index >= 15 is 0 Å². The summed E-state index contributed by atoms with van der Waals surface area (Å²) >= 11 is 7.79. The Morgan fingerprint density at radius 3 is 2.29 bits per heavy atom. The van der Waals surface area contributed by atoms with Crippen molar-refractivity contribution in [3.05, 3.63) is 9.65 Å². The van der Waals surface area contributed by atoms with Gasteiger partial charge in [-0.05, 0) is 5.41 Å². The molecule has 0 unspecified atom stereocenters. The smallest absolute Gasteiger partial charge is 0.0462 e. The van der Waals surface area contributed by atoms with E-state index in [4.69, 9.17) is 0 Å². The lowest BCUT2D eigenvalue weighted by Crippen LogP contribution is -1.64. The van der Waals surface area contributed by atoms with Gasteiger partial charge in [0.05, 0.1) is 0 Å². The van der Waals surface area contributed by atoms with Crippen LogP contribution in [-0.2, 0) is 0 Å². The molecular formula is C4H6S3. The van der Waals surface area contributed by atoms with Crippen molar-refractivity contribution in [2.75, 3.05) is 11.5 Å². The van der Waals surface area contributed by atoms with E-state index in [1.54, 1.807) is 0 Å². The molecule has 0 bridgehead atoms. The van der Waals surface area contributed by atoms with Crippen molar-refractivity contribution in [3.8, 4) is 0 Å². The van der Waals surface area contributed by atoms with Gasteiger partial charge in [-0.3, -0.25) is 0 Å². The lowest BCUT2D eigenvalue weighted by Gasteiger charge is -1.83. The van der Waals surface area contributed by atoms with Crippen LogP contribution in [-0.4, -0.2) is 11.5 Å². The van der Waals surface area contributed by atoms with Crippen molar-refractivity contribution in [2.24, 2.45) is 0 Å². The summed E-state index contributed by atoms with van der Waals surface area (Å²) in [7, 11) is 0. The molecule has 0 aromatic heterocycles. The second-order valence-electron chi connectivity index (χ2n) is 1.15. The Morgan fingerprint density at radius 2 is 2.00 bits per heavy atom. The van der Waals surface area contributed by atoms with Crippen LogP contribution in [0.4, 0.5) is 0 Å². The Hall–Kier alpha value is 0.790. The van der Waals surface area contributed by atoms with Crippen LogP contribution in [0.1, 0.15) is 0 Å². The van der Waals surface area contributed by atoms with E-state index in [-0.39, 0.29) is 0 Å². The second-order valence-corrected chi connectivity index (χ2v) is 3.94. The molecule has 0 saturated carbocycles. The van der Waals surface area contributed by atoms with E-state index in [0.29, 0.717) is 0 Å². The van der Waals surface area contributed by atoms with Crippen molar-refractivity contribution >= 4 is 36.2 Å². The highest BCUT2D eigenvalue weighted by molar-refractivity contribution is 8.25. The van der Waals surface area contributed by atoms with Crippen LogP contribution in [0.2, 0.25) is 0 Å². The van der Waals surface area contributed by atoms with E-state index in [1.165, 1.54) is 15.7 Å². The van der Waals surface area contributed by atoms with E-state index in [2.05, 4.69) is 12.6 Å². The Morgan fingerprint density at radius 1 is 1.43 bits per heavy atom. The van der Waals surface area contributed by atoms with Crippen LogP contribution in [0.25, 0.3) is 0 Å². The number of hydrogen-bond acceptors (Lipinski definition) is 3. The van der Waals surface area contributed by atoms with Crippen molar-refractivity contribution in [2.45, 2.75) is 0 Å². The number of thioether (sulfide) groups is 2. The third kappa shape index (κ3) is 1.63. The average Bonchev–Trinajstić information content (AvgIpc) is 2.14. The van der Waals surface area contributed by atoms with Gasteiger partial charge in [0.1, 0.15) is 0 Å². The Kier molecular flexibility index (Phi) is 2.49. The molecule has 0 aliphatic carbocycles. The molecule has 1 aliphatic rings. The second kappa shape index (κ2) is 2.95. The van der Waals surface area contributed by atoms with E-state index in [1.807, 2.05) is 28.9 Å².